The highest BCUT2D eigenvalue weighted by Crippen LogP contribution is 2.20. The van der Waals surface area contributed by atoms with Crippen LogP contribution < -0.4 is 0 Å². The maximum absolute atomic E-state index is 12.4. The Morgan fingerprint density at radius 1 is 1.17 bits per heavy atom. The summed E-state index contributed by atoms with van der Waals surface area (Å²) in [7, 11) is 0. The highest BCUT2D eigenvalue weighted by Gasteiger charge is 2.27. The lowest BCUT2D eigenvalue weighted by molar-refractivity contribution is -0.145. The van der Waals surface area contributed by atoms with Crippen molar-refractivity contribution in [3.05, 3.63) is 0 Å². The first-order valence-corrected chi connectivity index (χ1v) is 8.65. The number of rotatable bonds is 7. The lowest BCUT2D eigenvalue weighted by atomic mass is 9.99. The molecule has 0 aromatic rings. The van der Waals surface area contributed by atoms with Gasteiger partial charge in [-0.2, -0.15) is 0 Å². The third-order valence-electron chi connectivity index (χ3n) is 4.82. The molecule has 1 aliphatic heterocycles. The van der Waals surface area contributed by atoms with Gasteiger partial charge in [0.1, 0.15) is 6.54 Å². The maximum Gasteiger partial charge on any atom is 0.323 e. The Morgan fingerprint density at radius 3 is 2.35 bits per heavy atom. The molecule has 1 rings (SSSR count). The number of hydrogen-bond acceptors (Lipinski definition) is 3. The number of carboxylic acids is 1. The summed E-state index contributed by atoms with van der Waals surface area (Å²) in [5, 5.41) is 8.97. The minimum Gasteiger partial charge on any atom is -0.480 e. The predicted molar refractivity (Wildman–Crippen MR) is 87.9 cm³/mol. The monoisotopic (exact) mass is 326 g/mol. The highest BCUT2D eigenvalue weighted by molar-refractivity contribution is 5.80. The molecule has 0 saturated carbocycles. The van der Waals surface area contributed by atoms with Crippen LogP contribution in [0.5, 0.6) is 0 Å². The van der Waals surface area contributed by atoms with Crippen LogP contribution in [0.15, 0.2) is 0 Å². The molecule has 0 aliphatic carbocycles. The highest BCUT2D eigenvalue weighted by atomic mass is 16.4. The van der Waals surface area contributed by atoms with Gasteiger partial charge in [0.25, 0.3) is 0 Å². The molecule has 6 nitrogen and oxygen atoms in total. The molecule has 0 aromatic carbocycles. The molecular formula is C17H30N2O4. The number of likely N-dealkylation sites (tertiary alicyclic amines) is 1. The van der Waals surface area contributed by atoms with Crippen LogP contribution in [-0.2, 0) is 14.4 Å². The Hall–Kier alpha value is -1.59. The zero-order chi connectivity index (χ0) is 17.4. The predicted octanol–water partition coefficient (Wildman–Crippen LogP) is 2.13. The fourth-order valence-electron chi connectivity index (χ4n) is 3.24. The zero-order valence-corrected chi connectivity index (χ0v) is 14.6. The van der Waals surface area contributed by atoms with Crippen LogP contribution in [0.25, 0.3) is 0 Å². The summed E-state index contributed by atoms with van der Waals surface area (Å²) in [6.45, 7) is 6.67. The zero-order valence-electron chi connectivity index (χ0n) is 14.6. The smallest absolute Gasteiger partial charge is 0.323 e. The Labute approximate surface area is 138 Å². The summed E-state index contributed by atoms with van der Waals surface area (Å²) < 4.78 is 0. The van der Waals surface area contributed by atoms with Gasteiger partial charge in [0.2, 0.25) is 11.8 Å². The van der Waals surface area contributed by atoms with Crippen molar-refractivity contribution in [2.45, 2.75) is 65.3 Å². The molecule has 1 fully saturated rings. The fraction of sp³-hybridized carbons (Fsp3) is 0.824. The summed E-state index contributed by atoms with van der Waals surface area (Å²) in [6.07, 6.45) is 4.82. The van der Waals surface area contributed by atoms with Crippen LogP contribution in [0.4, 0.5) is 0 Å². The Bertz CT molecular complexity index is 421. The molecule has 2 amide bonds. The van der Waals surface area contributed by atoms with E-state index >= 15 is 0 Å². The molecule has 1 N–H and O–H groups in total. The lowest BCUT2D eigenvalue weighted by Gasteiger charge is -2.29. The van der Waals surface area contributed by atoms with E-state index in [4.69, 9.17) is 5.11 Å². The van der Waals surface area contributed by atoms with E-state index in [9.17, 15) is 14.4 Å². The number of hydrogen-bond donors (Lipinski definition) is 1. The van der Waals surface area contributed by atoms with E-state index in [1.54, 1.807) is 0 Å². The minimum absolute atomic E-state index is 0.0884. The number of carbonyl (C=O) groups is 3. The van der Waals surface area contributed by atoms with Gasteiger partial charge in [-0.05, 0) is 25.2 Å². The van der Waals surface area contributed by atoms with E-state index in [1.807, 2.05) is 4.90 Å². The average Bonchev–Trinajstić information content (AvgIpc) is 2.75. The molecule has 0 spiro atoms. The Kier molecular flexibility index (Phi) is 8.06. The van der Waals surface area contributed by atoms with Crippen molar-refractivity contribution in [2.24, 2.45) is 5.92 Å². The van der Waals surface area contributed by atoms with Crippen LogP contribution >= 0.6 is 0 Å². The molecule has 1 aliphatic rings. The van der Waals surface area contributed by atoms with Crippen molar-refractivity contribution in [1.29, 1.82) is 0 Å². The van der Waals surface area contributed by atoms with E-state index in [2.05, 4.69) is 13.8 Å². The van der Waals surface area contributed by atoms with Crippen LogP contribution in [0, 0.1) is 5.92 Å². The van der Waals surface area contributed by atoms with Crippen LogP contribution in [0.2, 0.25) is 0 Å². The van der Waals surface area contributed by atoms with Gasteiger partial charge in [0.15, 0.2) is 0 Å². The molecule has 1 heterocycles. The van der Waals surface area contributed by atoms with Crippen LogP contribution in [0.3, 0.4) is 0 Å². The van der Waals surface area contributed by atoms with E-state index in [-0.39, 0.29) is 24.4 Å². The summed E-state index contributed by atoms with van der Waals surface area (Å²) in [5.41, 5.74) is 0. The van der Waals surface area contributed by atoms with Gasteiger partial charge in [-0.1, -0.05) is 26.7 Å². The third kappa shape index (κ3) is 6.20. The first kappa shape index (κ1) is 19.5. The van der Waals surface area contributed by atoms with Crippen LogP contribution in [0.1, 0.15) is 59.3 Å². The lowest BCUT2D eigenvalue weighted by Crippen LogP contribution is -2.43. The largest absolute Gasteiger partial charge is 0.480 e. The molecule has 1 saturated heterocycles. The molecule has 0 radical (unpaired) electrons. The topological polar surface area (TPSA) is 77.9 Å². The average molecular weight is 326 g/mol. The molecule has 6 heteroatoms. The second-order valence-electron chi connectivity index (χ2n) is 6.39. The van der Waals surface area contributed by atoms with Gasteiger partial charge >= 0.3 is 5.97 Å². The van der Waals surface area contributed by atoms with Crippen molar-refractivity contribution in [1.82, 2.24) is 9.80 Å². The van der Waals surface area contributed by atoms with Gasteiger partial charge < -0.3 is 14.9 Å². The summed E-state index contributed by atoms with van der Waals surface area (Å²) >= 11 is 0. The molecular weight excluding hydrogens is 296 g/mol. The second-order valence-corrected chi connectivity index (χ2v) is 6.39. The van der Waals surface area contributed by atoms with Crippen molar-refractivity contribution >= 4 is 17.8 Å². The van der Waals surface area contributed by atoms with E-state index in [1.165, 1.54) is 11.8 Å². The van der Waals surface area contributed by atoms with Crippen molar-refractivity contribution < 1.29 is 19.5 Å². The molecule has 0 aromatic heterocycles. The van der Waals surface area contributed by atoms with E-state index < -0.39 is 5.97 Å². The van der Waals surface area contributed by atoms with Gasteiger partial charge in [-0.15, -0.1) is 0 Å². The molecule has 23 heavy (non-hydrogen) atoms. The van der Waals surface area contributed by atoms with Crippen molar-refractivity contribution in [3.8, 4) is 0 Å². The number of carbonyl (C=O) groups excluding carboxylic acids is 2. The second kappa shape index (κ2) is 9.53. The first-order chi connectivity index (χ1) is 10.9. The molecule has 1 atom stereocenters. The van der Waals surface area contributed by atoms with E-state index in [0.29, 0.717) is 31.8 Å². The maximum atomic E-state index is 12.4. The molecule has 1 unspecified atom stereocenters. The fourth-order valence-corrected chi connectivity index (χ4v) is 3.24. The summed E-state index contributed by atoms with van der Waals surface area (Å²) in [4.78, 5) is 38.4. The number of carboxylic acid groups (broad SMARTS) is 1. The summed E-state index contributed by atoms with van der Waals surface area (Å²) in [6, 6.07) is -0.0884. The van der Waals surface area contributed by atoms with Gasteiger partial charge in [-0.25, -0.2) is 0 Å². The van der Waals surface area contributed by atoms with Gasteiger partial charge in [0, 0.05) is 32.5 Å². The quantitative estimate of drug-likeness (QED) is 0.777. The molecule has 132 valence electrons. The molecule has 0 bridgehead atoms. The number of nitrogens with zero attached hydrogens (tertiary/aromatic N) is 2. The van der Waals surface area contributed by atoms with E-state index in [0.717, 1.165) is 25.7 Å². The van der Waals surface area contributed by atoms with Crippen LogP contribution in [-0.4, -0.2) is 58.4 Å². The number of aliphatic carboxylic acids is 1. The van der Waals surface area contributed by atoms with Gasteiger partial charge in [0.05, 0.1) is 0 Å². The SMILES string of the molecule is CCC(CC)CC(=O)N1CCCC(N(CC(=O)O)C(C)=O)CC1. The van der Waals surface area contributed by atoms with Gasteiger partial charge in [-0.3, -0.25) is 14.4 Å². The summed E-state index contributed by atoms with van der Waals surface area (Å²) in [5.74, 6) is -0.588. The standard InChI is InChI=1S/C17H30N2O4/c1-4-14(5-2)11-16(21)18-9-6-7-15(8-10-18)19(13(3)20)12-17(22)23/h14-15H,4-12H2,1-3H3,(H,22,23). The van der Waals surface area contributed by atoms with Crippen molar-refractivity contribution in [2.75, 3.05) is 19.6 Å². The Balaban J connectivity index is 2.62. The Morgan fingerprint density at radius 2 is 1.83 bits per heavy atom. The number of amides is 2. The third-order valence-corrected chi connectivity index (χ3v) is 4.82. The first-order valence-electron chi connectivity index (χ1n) is 8.65. The minimum atomic E-state index is -0.994. The normalized spacial score (nSPS) is 18.6. The van der Waals surface area contributed by atoms with Crippen molar-refractivity contribution in [3.63, 3.8) is 0 Å².